The van der Waals surface area contributed by atoms with Crippen LogP contribution in [-0.4, -0.2) is 4.21 Å². The van der Waals surface area contributed by atoms with Crippen molar-refractivity contribution >= 4 is 10.8 Å². The van der Waals surface area contributed by atoms with Gasteiger partial charge in [-0.1, -0.05) is 60.2 Å². The molecule has 88 valence electrons. The highest BCUT2D eigenvalue weighted by molar-refractivity contribution is 7.83. The molecule has 0 aromatic heterocycles. The summed E-state index contributed by atoms with van der Waals surface area (Å²) in [5.41, 5.74) is 3.51. The highest BCUT2D eigenvalue weighted by atomic mass is 32.2. The van der Waals surface area contributed by atoms with Gasteiger partial charge in [0.2, 0.25) is 0 Å². The van der Waals surface area contributed by atoms with Crippen LogP contribution >= 0.6 is 0 Å². The molecule has 0 heterocycles. The van der Waals surface area contributed by atoms with Crippen molar-refractivity contribution < 1.29 is 4.21 Å². The van der Waals surface area contributed by atoms with Crippen LogP contribution < -0.4 is 0 Å². The largest absolute Gasteiger partial charge is 0.259 e. The Labute approximate surface area is 105 Å². The van der Waals surface area contributed by atoms with Gasteiger partial charge in [0.05, 0.1) is 0 Å². The van der Waals surface area contributed by atoms with Gasteiger partial charge in [0, 0.05) is 22.3 Å². The smallest absolute Gasteiger partial charge is 0.0489 e. The molecule has 2 aromatic rings. The third-order valence-electron chi connectivity index (χ3n) is 2.58. The third-order valence-corrected chi connectivity index (χ3v) is 3.89. The molecule has 0 aliphatic carbocycles. The van der Waals surface area contributed by atoms with Crippen molar-refractivity contribution in [2.45, 2.75) is 18.4 Å². The van der Waals surface area contributed by atoms with Gasteiger partial charge in [-0.25, -0.2) is 0 Å². The van der Waals surface area contributed by atoms with Gasteiger partial charge < -0.3 is 0 Å². The summed E-state index contributed by atoms with van der Waals surface area (Å²) in [6.07, 6.45) is 0. The second-order valence-electron chi connectivity index (χ2n) is 4.20. The first kappa shape index (κ1) is 12.1. The van der Waals surface area contributed by atoms with Crippen LogP contribution in [0.4, 0.5) is 0 Å². The maximum atomic E-state index is 12.0. The van der Waals surface area contributed by atoms with Crippen molar-refractivity contribution in [1.82, 2.24) is 0 Å². The number of hydrogen-bond donors (Lipinski definition) is 0. The van der Waals surface area contributed by atoms with Crippen molar-refractivity contribution in [3.63, 3.8) is 0 Å². The fourth-order valence-corrected chi connectivity index (χ4v) is 3.02. The van der Waals surface area contributed by atoms with E-state index < -0.39 is 10.8 Å². The summed E-state index contributed by atoms with van der Waals surface area (Å²) in [6.45, 7) is 2.06. The standard InChI is InChI=1S/C15H16OS/c1-13-6-5-9-15(10-13)12-17(16)11-14-7-3-2-4-8-14/h2-10H,11-12H2,1H3. The van der Waals surface area contributed by atoms with Gasteiger partial charge >= 0.3 is 0 Å². The average molecular weight is 244 g/mol. The van der Waals surface area contributed by atoms with Crippen molar-refractivity contribution in [1.29, 1.82) is 0 Å². The zero-order valence-electron chi connectivity index (χ0n) is 9.93. The maximum absolute atomic E-state index is 12.0. The SMILES string of the molecule is Cc1cccc(CS(=O)Cc2ccccc2)c1. The summed E-state index contributed by atoms with van der Waals surface area (Å²) in [5.74, 6) is 1.27. The Bertz CT molecular complexity index is 505. The summed E-state index contributed by atoms with van der Waals surface area (Å²) in [5, 5.41) is 0. The molecule has 2 heteroatoms. The van der Waals surface area contributed by atoms with Crippen LogP contribution in [0.1, 0.15) is 16.7 Å². The molecular weight excluding hydrogens is 228 g/mol. The van der Waals surface area contributed by atoms with Crippen molar-refractivity contribution in [3.05, 3.63) is 71.3 Å². The minimum atomic E-state index is -0.830. The highest BCUT2D eigenvalue weighted by Crippen LogP contribution is 2.10. The zero-order valence-corrected chi connectivity index (χ0v) is 10.7. The predicted octanol–water partition coefficient (Wildman–Crippen LogP) is 3.44. The summed E-state index contributed by atoms with van der Waals surface area (Å²) in [6, 6.07) is 18.2. The summed E-state index contributed by atoms with van der Waals surface area (Å²) < 4.78 is 12.0. The van der Waals surface area contributed by atoms with Gasteiger partial charge in [-0.2, -0.15) is 0 Å². The van der Waals surface area contributed by atoms with Crippen LogP contribution in [0.3, 0.4) is 0 Å². The van der Waals surface area contributed by atoms with E-state index in [1.165, 1.54) is 5.56 Å². The highest BCUT2D eigenvalue weighted by Gasteiger charge is 2.03. The van der Waals surface area contributed by atoms with Crippen molar-refractivity contribution in [2.24, 2.45) is 0 Å². The second-order valence-corrected chi connectivity index (χ2v) is 5.66. The molecule has 0 aliphatic rings. The molecule has 0 fully saturated rings. The molecule has 17 heavy (non-hydrogen) atoms. The van der Waals surface area contributed by atoms with Crippen molar-refractivity contribution in [2.75, 3.05) is 0 Å². The lowest BCUT2D eigenvalue weighted by molar-refractivity contribution is 0.682. The summed E-state index contributed by atoms with van der Waals surface area (Å²) in [4.78, 5) is 0. The van der Waals surface area contributed by atoms with Crippen molar-refractivity contribution in [3.8, 4) is 0 Å². The van der Waals surface area contributed by atoms with Crippen LogP contribution in [0.2, 0.25) is 0 Å². The number of hydrogen-bond acceptors (Lipinski definition) is 1. The Morgan fingerprint density at radius 2 is 1.53 bits per heavy atom. The van der Waals surface area contributed by atoms with E-state index in [-0.39, 0.29) is 0 Å². The first-order valence-electron chi connectivity index (χ1n) is 5.68. The van der Waals surface area contributed by atoms with E-state index in [1.54, 1.807) is 0 Å². The molecule has 0 saturated carbocycles. The number of benzene rings is 2. The molecule has 0 bridgehead atoms. The fraction of sp³-hybridized carbons (Fsp3) is 0.200. The summed E-state index contributed by atoms with van der Waals surface area (Å²) in [7, 11) is -0.830. The van der Waals surface area contributed by atoms with Gasteiger partial charge in [0.15, 0.2) is 0 Å². The van der Waals surface area contributed by atoms with E-state index in [2.05, 4.69) is 19.1 Å². The van der Waals surface area contributed by atoms with Crippen LogP contribution in [0.15, 0.2) is 54.6 Å². The van der Waals surface area contributed by atoms with Gasteiger partial charge in [-0.05, 0) is 18.1 Å². The van der Waals surface area contributed by atoms with E-state index in [0.29, 0.717) is 11.5 Å². The van der Waals surface area contributed by atoms with Gasteiger partial charge in [0.1, 0.15) is 0 Å². The molecule has 0 N–H and O–H groups in total. The Morgan fingerprint density at radius 3 is 2.24 bits per heavy atom. The minimum absolute atomic E-state index is 0.634. The van der Waals surface area contributed by atoms with Gasteiger partial charge in [-0.15, -0.1) is 0 Å². The quantitative estimate of drug-likeness (QED) is 0.805. The lowest BCUT2D eigenvalue weighted by Crippen LogP contribution is -1.99. The van der Waals surface area contributed by atoms with Crippen LogP contribution in [0, 0.1) is 6.92 Å². The molecule has 0 saturated heterocycles. The average Bonchev–Trinajstić information content (AvgIpc) is 2.30. The second kappa shape index (κ2) is 5.78. The molecule has 0 spiro atoms. The first-order valence-corrected chi connectivity index (χ1v) is 7.17. The molecule has 1 atom stereocenters. The predicted molar refractivity (Wildman–Crippen MR) is 73.2 cm³/mol. The third kappa shape index (κ3) is 3.82. The van der Waals surface area contributed by atoms with E-state index in [0.717, 1.165) is 11.1 Å². The van der Waals surface area contributed by atoms with E-state index in [4.69, 9.17) is 0 Å². The van der Waals surface area contributed by atoms with Gasteiger partial charge in [0.25, 0.3) is 0 Å². The lowest BCUT2D eigenvalue weighted by Gasteiger charge is -2.03. The normalized spacial score (nSPS) is 12.3. The van der Waals surface area contributed by atoms with Crippen LogP contribution in [0.25, 0.3) is 0 Å². The topological polar surface area (TPSA) is 17.1 Å². The molecule has 0 amide bonds. The molecular formula is C15H16OS. The maximum Gasteiger partial charge on any atom is 0.0489 e. The van der Waals surface area contributed by atoms with Crippen LogP contribution in [-0.2, 0) is 22.3 Å². The van der Waals surface area contributed by atoms with Crippen LogP contribution in [0.5, 0.6) is 0 Å². The number of rotatable bonds is 4. The molecule has 0 radical (unpaired) electrons. The molecule has 1 nitrogen and oxygen atoms in total. The lowest BCUT2D eigenvalue weighted by atomic mass is 10.2. The molecule has 2 rings (SSSR count). The Balaban J connectivity index is 1.98. The first-order chi connectivity index (χ1) is 8.24. The monoisotopic (exact) mass is 244 g/mol. The molecule has 2 aromatic carbocycles. The molecule has 1 unspecified atom stereocenters. The minimum Gasteiger partial charge on any atom is -0.259 e. The Hall–Kier alpha value is -1.41. The fourth-order valence-electron chi connectivity index (χ4n) is 1.80. The molecule has 0 aliphatic heterocycles. The number of aryl methyl sites for hydroxylation is 1. The summed E-state index contributed by atoms with van der Waals surface area (Å²) >= 11 is 0. The van der Waals surface area contributed by atoms with E-state index in [1.807, 2.05) is 42.5 Å². The zero-order chi connectivity index (χ0) is 12.1. The Morgan fingerprint density at radius 1 is 0.882 bits per heavy atom. The van der Waals surface area contributed by atoms with Gasteiger partial charge in [-0.3, -0.25) is 4.21 Å². The Kier molecular flexibility index (Phi) is 4.10. The van der Waals surface area contributed by atoms with E-state index in [9.17, 15) is 4.21 Å². The van der Waals surface area contributed by atoms with E-state index >= 15 is 0 Å².